The van der Waals surface area contributed by atoms with Gasteiger partial charge in [0.15, 0.2) is 0 Å². The zero-order valence-electron chi connectivity index (χ0n) is 11.3. The van der Waals surface area contributed by atoms with E-state index in [1.54, 1.807) is 7.05 Å². The van der Waals surface area contributed by atoms with Crippen molar-refractivity contribution in [3.05, 3.63) is 59.7 Å². The van der Waals surface area contributed by atoms with Crippen LogP contribution in [-0.4, -0.2) is 26.2 Å². The molecule has 3 heteroatoms. The van der Waals surface area contributed by atoms with Crippen LogP contribution < -0.4 is 5.32 Å². The number of hydrogen-bond acceptors (Lipinski definition) is 3. The molecule has 1 unspecified atom stereocenters. The second-order valence-electron chi connectivity index (χ2n) is 4.79. The van der Waals surface area contributed by atoms with Crippen molar-refractivity contribution in [2.75, 3.05) is 20.2 Å². The molecule has 0 bridgehead atoms. The Morgan fingerprint density at radius 3 is 3.00 bits per heavy atom. The van der Waals surface area contributed by atoms with E-state index in [0.29, 0.717) is 6.61 Å². The normalized spacial score (nSPS) is 12.4. The molecule has 1 N–H and O–H groups in total. The molecule has 1 aliphatic carbocycles. The number of hydrogen-bond donors (Lipinski definition) is 1. The van der Waals surface area contributed by atoms with Gasteiger partial charge in [-0.1, -0.05) is 36.4 Å². The molecule has 0 saturated heterocycles. The van der Waals surface area contributed by atoms with Gasteiger partial charge in [-0.2, -0.15) is 0 Å². The summed E-state index contributed by atoms with van der Waals surface area (Å²) in [6.45, 7) is 0.596. The van der Waals surface area contributed by atoms with Crippen LogP contribution in [0.1, 0.15) is 17.0 Å². The van der Waals surface area contributed by atoms with Crippen LogP contribution in [0.15, 0.2) is 36.4 Å². The van der Waals surface area contributed by atoms with Crippen molar-refractivity contribution in [1.29, 1.82) is 0 Å². The highest BCUT2D eigenvalue weighted by Crippen LogP contribution is 2.43. The number of likely N-dealkylation sites (N-methyl/N-ethyl adjacent to an activating group) is 1. The molecular formula is C17H15NO2. The van der Waals surface area contributed by atoms with Crippen molar-refractivity contribution < 1.29 is 9.53 Å². The Morgan fingerprint density at radius 1 is 1.30 bits per heavy atom. The van der Waals surface area contributed by atoms with Crippen molar-refractivity contribution >= 4 is 5.97 Å². The molecule has 1 aliphatic rings. The fraction of sp³-hybridized carbons (Fsp3) is 0.235. The van der Waals surface area contributed by atoms with E-state index in [9.17, 15) is 4.79 Å². The molecule has 0 aromatic heterocycles. The number of benzene rings is 1. The van der Waals surface area contributed by atoms with Crippen LogP contribution in [0.4, 0.5) is 0 Å². The average molecular weight is 265 g/mol. The smallest absolute Gasteiger partial charge is 0.319 e. The van der Waals surface area contributed by atoms with E-state index >= 15 is 0 Å². The highest BCUT2D eigenvalue weighted by atomic mass is 16.5. The van der Waals surface area contributed by atoms with Gasteiger partial charge in [0.25, 0.3) is 0 Å². The van der Waals surface area contributed by atoms with Gasteiger partial charge in [-0.25, -0.2) is 0 Å². The molecule has 0 fully saturated rings. The number of fused-ring (bicyclic) bond motifs is 3. The lowest BCUT2D eigenvalue weighted by molar-refractivity contribution is -0.142. The maximum atomic E-state index is 11.5. The SMILES string of the molecule is CNCC(=O)OCC1c2ccc#cc2-c2ccccc21. The van der Waals surface area contributed by atoms with E-state index in [0.717, 1.165) is 16.7 Å². The second-order valence-corrected chi connectivity index (χ2v) is 4.79. The topological polar surface area (TPSA) is 38.3 Å². The average Bonchev–Trinajstić information content (AvgIpc) is 2.80. The number of esters is 1. The van der Waals surface area contributed by atoms with Crippen LogP contribution in [0.3, 0.4) is 0 Å². The summed E-state index contributed by atoms with van der Waals surface area (Å²) in [5.74, 6) is -0.141. The Balaban J connectivity index is 1.89. The van der Waals surface area contributed by atoms with Gasteiger partial charge in [-0.05, 0) is 35.9 Å². The lowest BCUT2D eigenvalue weighted by Gasteiger charge is -2.13. The van der Waals surface area contributed by atoms with E-state index in [4.69, 9.17) is 4.74 Å². The van der Waals surface area contributed by atoms with Crippen LogP contribution in [0.2, 0.25) is 0 Å². The van der Waals surface area contributed by atoms with Gasteiger partial charge >= 0.3 is 5.97 Å². The lowest BCUT2D eigenvalue weighted by Crippen LogP contribution is -2.22. The summed E-state index contributed by atoms with van der Waals surface area (Å²) in [5.41, 5.74) is 4.57. The van der Waals surface area contributed by atoms with Crippen LogP contribution in [0, 0.1) is 12.1 Å². The van der Waals surface area contributed by atoms with Crippen LogP contribution in [-0.2, 0) is 9.53 Å². The third-order valence-corrected chi connectivity index (χ3v) is 3.55. The largest absolute Gasteiger partial charge is 0.464 e. The van der Waals surface area contributed by atoms with E-state index in [1.807, 2.05) is 24.3 Å². The van der Waals surface area contributed by atoms with Crippen LogP contribution >= 0.6 is 0 Å². The second kappa shape index (κ2) is 5.36. The summed E-state index contributed by atoms with van der Waals surface area (Å²) in [6, 6.07) is 18.2. The van der Waals surface area contributed by atoms with Crippen molar-refractivity contribution in [1.82, 2.24) is 5.32 Å². The first-order valence-corrected chi connectivity index (χ1v) is 6.63. The van der Waals surface area contributed by atoms with E-state index < -0.39 is 0 Å². The van der Waals surface area contributed by atoms with Gasteiger partial charge in [0.2, 0.25) is 0 Å². The molecule has 100 valence electrons. The molecule has 0 amide bonds. The molecule has 0 spiro atoms. The third-order valence-electron chi connectivity index (χ3n) is 3.55. The molecule has 1 atom stereocenters. The maximum Gasteiger partial charge on any atom is 0.319 e. The first-order chi connectivity index (χ1) is 9.81. The van der Waals surface area contributed by atoms with Crippen molar-refractivity contribution in [3.8, 4) is 11.1 Å². The summed E-state index contributed by atoms with van der Waals surface area (Å²) in [4.78, 5) is 11.5. The number of carbonyl (C=O) groups is 1. The van der Waals surface area contributed by atoms with Crippen molar-refractivity contribution in [2.24, 2.45) is 0 Å². The molecule has 0 heterocycles. The Bertz CT molecular complexity index is 591. The Labute approximate surface area is 118 Å². The molecule has 3 rings (SSSR count). The molecule has 2 aromatic carbocycles. The predicted octanol–water partition coefficient (Wildman–Crippen LogP) is 2.16. The van der Waals surface area contributed by atoms with Gasteiger partial charge in [0.05, 0.1) is 6.54 Å². The standard InChI is InChI=1S/C17H15NO2/c1-18-10-17(19)20-11-16-14-8-4-2-6-12(14)13-7-3-5-9-15(13)16/h2,4-6,8-9,16,18H,10-11H2,1H3. The first-order valence-electron chi connectivity index (χ1n) is 6.63. The summed E-state index contributed by atoms with van der Waals surface area (Å²) < 4.78 is 5.35. The molecule has 20 heavy (non-hydrogen) atoms. The van der Waals surface area contributed by atoms with Crippen molar-refractivity contribution in [2.45, 2.75) is 5.92 Å². The zero-order chi connectivity index (χ0) is 13.9. The van der Waals surface area contributed by atoms with Crippen molar-refractivity contribution in [3.63, 3.8) is 0 Å². The fourth-order valence-electron chi connectivity index (χ4n) is 2.66. The summed E-state index contributed by atoms with van der Waals surface area (Å²) in [5, 5.41) is 2.80. The van der Waals surface area contributed by atoms with E-state index in [2.05, 4.69) is 29.6 Å². The Morgan fingerprint density at radius 2 is 2.15 bits per heavy atom. The number of nitrogens with one attached hydrogen (secondary N) is 1. The quantitative estimate of drug-likeness (QED) is 0.861. The Kier molecular flexibility index (Phi) is 3.41. The highest BCUT2D eigenvalue weighted by Gasteiger charge is 2.29. The van der Waals surface area contributed by atoms with Gasteiger partial charge in [-0.15, -0.1) is 0 Å². The van der Waals surface area contributed by atoms with Gasteiger partial charge in [0, 0.05) is 11.5 Å². The maximum absolute atomic E-state index is 11.5. The van der Waals surface area contributed by atoms with E-state index in [1.165, 1.54) is 5.56 Å². The third kappa shape index (κ3) is 2.15. The molecule has 0 saturated carbocycles. The minimum atomic E-state index is -0.232. The van der Waals surface area contributed by atoms with Gasteiger partial charge < -0.3 is 10.1 Å². The molecule has 3 nitrogen and oxygen atoms in total. The van der Waals surface area contributed by atoms with Crippen LogP contribution in [0.5, 0.6) is 0 Å². The predicted molar refractivity (Wildman–Crippen MR) is 76.3 cm³/mol. The summed E-state index contributed by atoms with van der Waals surface area (Å²) >= 11 is 0. The highest BCUT2D eigenvalue weighted by molar-refractivity contribution is 5.78. The first kappa shape index (κ1) is 12.7. The van der Waals surface area contributed by atoms with E-state index in [-0.39, 0.29) is 18.4 Å². The lowest BCUT2D eigenvalue weighted by atomic mass is 9.98. The fourth-order valence-corrected chi connectivity index (χ4v) is 2.66. The number of ether oxygens (including phenoxy) is 1. The number of rotatable bonds is 4. The summed E-state index contributed by atoms with van der Waals surface area (Å²) in [7, 11) is 1.73. The monoisotopic (exact) mass is 265 g/mol. The zero-order valence-corrected chi connectivity index (χ0v) is 11.3. The van der Waals surface area contributed by atoms with Gasteiger partial charge in [-0.3, -0.25) is 4.79 Å². The molecule has 0 aliphatic heterocycles. The molecule has 2 aromatic rings. The summed E-state index contributed by atoms with van der Waals surface area (Å²) in [6.07, 6.45) is 0. The minimum Gasteiger partial charge on any atom is -0.464 e. The van der Waals surface area contributed by atoms with Gasteiger partial charge in [0.1, 0.15) is 6.61 Å². The van der Waals surface area contributed by atoms with Crippen LogP contribution in [0.25, 0.3) is 11.1 Å². The minimum absolute atomic E-state index is 0.0906. The number of carbonyl (C=O) groups excluding carboxylic acids is 1. The molecular weight excluding hydrogens is 250 g/mol. The molecule has 0 radical (unpaired) electrons. The Hall–Kier alpha value is -2.31.